The number of aromatic nitrogens is 3. The second kappa shape index (κ2) is 5.83. The third kappa shape index (κ3) is 2.79. The Hall–Kier alpha value is -3.69. The monoisotopic (exact) mass is 329 g/mol. The SMILES string of the molecule is O=[N+]([O-])c1ccn(-c2ccc([N+](=O)[O-])c(-c3ccc(F)cc3)n2)n1. The zero-order chi connectivity index (χ0) is 17.3. The molecular formula is C14H8FN5O4. The Morgan fingerprint density at radius 3 is 2.25 bits per heavy atom. The molecule has 0 radical (unpaired) electrons. The Kier molecular flexibility index (Phi) is 3.70. The van der Waals surface area contributed by atoms with E-state index < -0.39 is 15.7 Å². The van der Waals surface area contributed by atoms with Gasteiger partial charge in [-0.2, -0.15) is 0 Å². The summed E-state index contributed by atoms with van der Waals surface area (Å²) in [4.78, 5) is 24.8. The molecule has 9 nitrogen and oxygen atoms in total. The van der Waals surface area contributed by atoms with Gasteiger partial charge in [-0.15, -0.1) is 4.68 Å². The summed E-state index contributed by atoms with van der Waals surface area (Å²) in [6, 6.07) is 8.76. The van der Waals surface area contributed by atoms with Crippen molar-refractivity contribution in [3.63, 3.8) is 0 Å². The molecule has 0 spiro atoms. The summed E-state index contributed by atoms with van der Waals surface area (Å²) >= 11 is 0. The van der Waals surface area contributed by atoms with Gasteiger partial charge in [0.05, 0.1) is 22.3 Å². The first-order chi connectivity index (χ1) is 11.5. The molecule has 2 aromatic heterocycles. The number of nitro groups is 2. The van der Waals surface area contributed by atoms with Gasteiger partial charge in [0.2, 0.25) is 0 Å². The number of hydrogen-bond acceptors (Lipinski definition) is 6. The van der Waals surface area contributed by atoms with Crippen molar-refractivity contribution in [3.8, 4) is 17.1 Å². The smallest absolute Gasteiger partial charge is 0.358 e. The van der Waals surface area contributed by atoms with Gasteiger partial charge in [0.25, 0.3) is 5.69 Å². The summed E-state index contributed by atoms with van der Waals surface area (Å²) < 4.78 is 14.2. The Morgan fingerprint density at radius 1 is 0.958 bits per heavy atom. The number of rotatable bonds is 4. The van der Waals surface area contributed by atoms with Crippen LogP contribution in [0.15, 0.2) is 48.7 Å². The van der Waals surface area contributed by atoms with Crippen LogP contribution in [0, 0.1) is 26.0 Å². The highest BCUT2D eigenvalue weighted by Crippen LogP contribution is 2.29. The van der Waals surface area contributed by atoms with E-state index in [9.17, 15) is 24.6 Å². The summed E-state index contributed by atoms with van der Waals surface area (Å²) in [6.07, 6.45) is 1.32. The van der Waals surface area contributed by atoms with Crippen molar-refractivity contribution in [2.24, 2.45) is 0 Å². The summed E-state index contributed by atoms with van der Waals surface area (Å²) in [5.41, 5.74) is 0.0780. The highest BCUT2D eigenvalue weighted by Gasteiger charge is 2.20. The van der Waals surface area contributed by atoms with Crippen LogP contribution in [0.25, 0.3) is 17.1 Å². The second-order valence-electron chi connectivity index (χ2n) is 4.68. The molecule has 0 N–H and O–H groups in total. The summed E-state index contributed by atoms with van der Waals surface area (Å²) in [6.45, 7) is 0. The molecule has 1 aromatic carbocycles. The Balaban J connectivity index is 2.13. The first-order valence-corrected chi connectivity index (χ1v) is 6.57. The van der Waals surface area contributed by atoms with Gasteiger partial charge in [-0.05, 0) is 35.3 Å². The van der Waals surface area contributed by atoms with E-state index >= 15 is 0 Å². The van der Waals surface area contributed by atoms with Crippen LogP contribution in [0.4, 0.5) is 15.9 Å². The fraction of sp³-hybridized carbons (Fsp3) is 0. The molecule has 0 aliphatic carbocycles. The van der Waals surface area contributed by atoms with Crippen molar-refractivity contribution >= 4 is 11.5 Å². The average molecular weight is 329 g/mol. The minimum Gasteiger partial charge on any atom is -0.358 e. The molecule has 0 fully saturated rings. The van der Waals surface area contributed by atoms with Gasteiger partial charge in [0.1, 0.15) is 5.82 Å². The van der Waals surface area contributed by atoms with E-state index in [1.54, 1.807) is 0 Å². The molecule has 10 heteroatoms. The third-order valence-corrected chi connectivity index (χ3v) is 3.17. The first kappa shape index (κ1) is 15.2. The number of halogens is 1. The van der Waals surface area contributed by atoms with E-state index in [1.807, 2.05) is 0 Å². The van der Waals surface area contributed by atoms with Crippen LogP contribution < -0.4 is 0 Å². The molecular weight excluding hydrogens is 321 g/mol. The lowest BCUT2D eigenvalue weighted by molar-refractivity contribution is -0.389. The van der Waals surface area contributed by atoms with Crippen LogP contribution in [-0.4, -0.2) is 24.6 Å². The molecule has 3 rings (SSSR count). The van der Waals surface area contributed by atoms with Crippen LogP contribution in [0.3, 0.4) is 0 Å². The predicted molar refractivity (Wildman–Crippen MR) is 80.1 cm³/mol. The van der Waals surface area contributed by atoms with Gasteiger partial charge in [-0.3, -0.25) is 10.1 Å². The maximum absolute atomic E-state index is 13.1. The zero-order valence-corrected chi connectivity index (χ0v) is 11.9. The lowest BCUT2D eigenvalue weighted by Gasteiger charge is -2.04. The number of nitrogens with zero attached hydrogens (tertiary/aromatic N) is 5. The predicted octanol–water partition coefficient (Wildman–Crippen LogP) is 2.89. The van der Waals surface area contributed by atoms with Crippen molar-refractivity contribution in [2.75, 3.05) is 0 Å². The second-order valence-corrected chi connectivity index (χ2v) is 4.68. The molecule has 0 amide bonds. The summed E-state index contributed by atoms with van der Waals surface area (Å²) in [5, 5.41) is 25.6. The van der Waals surface area contributed by atoms with Crippen LogP contribution in [0.2, 0.25) is 0 Å². The highest BCUT2D eigenvalue weighted by atomic mass is 19.1. The average Bonchev–Trinajstić information content (AvgIpc) is 3.05. The summed E-state index contributed by atoms with van der Waals surface area (Å²) in [7, 11) is 0. The minimum atomic E-state index is -0.664. The summed E-state index contributed by atoms with van der Waals surface area (Å²) in [5.74, 6) is -0.702. The van der Waals surface area contributed by atoms with E-state index in [4.69, 9.17) is 0 Å². The molecule has 24 heavy (non-hydrogen) atoms. The van der Waals surface area contributed by atoms with Crippen LogP contribution in [0.5, 0.6) is 0 Å². The minimum absolute atomic E-state index is 0.00986. The van der Waals surface area contributed by atoms with E-state index in [0.29, 0.717) is 5.56 Å². The Labute approximate surface area is 133 Å². The largest absolute Gasteiger partial charge is 0.390 e. The lowest BCUT2D eigenvalue weighted by atomic mass is 10.1. The fourth-order valence-electron chi connectivity index (χ4n) is 2.08. The molecule has 0 aliphatic heterocycles. The lowest BCUT2D eigenvalue weighted by Crippen LogP contribution is -2.03. The zero-order valence-electron chi connectivity index (χ0n) is 11.9. The van der Waals surface area contributed by atoms with E-state index in [2.05, 4.69) is 10.1 Å². The molecule has 0 saturated carbocycles. The third-order valence-electron chi connectivity index (χ3n) is 3.17. The maximum atomic E-state index is 13.1. The quantitative estimate of drug-likeness (QED) is 0.536. The Bertz CT molecular complexity index is 939. The molecule has 0 atom stereocenters. The molecule has 0 aliphatic rings. The molecule has 3 aromatic rings. The van der Waals surface area contributed by atoms with E-state index in [1.165, 1.54) is 36.5 Å². The molecule has 2 heterocycles. The van der Waals surface area contributed by atoms with Crippen molar-refractivity contribution in [3.05, 3.63) is 74.7 Å². The van der Waals surface area contributed by atoms with Crippen LogP contribution in [-0.2, 0) is 0 Å². The van der Waals surface area contributed by atoms with E-state index in [-0.39, 0.29) is 23.0 Å². The topological polar surface area (TPSA) is 117 Å². The van der Waals surface area contributed by atoms with Crippen molar-refractivity contribution in [1.82, 2.24) is 14.8 Å². The number of benzene rings is 1. The fourth-order valence-corrected chi connectivity index (χ4v) is 2.08. The number of pyridine rings is 1. The molecule has 120 valence electrons. The molecule has 0 bridgehead atoms. The molecule has 0 saturated heterocycles. The van der Waals surface area contributed by atoms with Crippen molar-refractivity contribution in [1.29, 1.82) is 0 Å². The van der Waals surface area contributed by atoms with Gasteiger partial charge < -0.3 is 10.1 Å². The van der Waals surface area contributed by atoms with Crippen molar-refractivity contribution in [2.45, 2.75) is 0 Å². The van der Waals surface area contributed by atoms with E-state index in [0.717, 1.165) is 16.8 Å². The van der Waals surface area contributed by atoms with Gasteiger partial charge in [-0.1, -0.05) is 0 Å². The van der Waals surface area contributed by atoms with Crippen LogP contribution in [0.1, 0.15) is 0 Å². The standard InChI is InChI=1S/C14H8FN5O4/c15-10-3-1-9(2-4-10)14-11(19(21)22)5-6-12(16-14)18-8-7-13(17-18)20(23)24/h1-8H. The van der Waals surface area contributed by atoms with Gasteiger partial charge in [-0.25, -0.2) is 9.37 Å². The highest BCUT2D eigenvalue weighted by molar-refractivity contribution is 5.70. The molecule has 0 unspecified atom stereocenters. The van der Waals surface area contributed by atoms with Crippen molar-refractivity contribution < 1.29 is 14.2 Å². The van der Waals surface area contributed by atoms with Gasteiger partial charge in [0, 0.05) is 11.6 Å². The number of hydrogen-bond donors (Lipinski definition) is 0. The normalized spacial score (nSPS) is 10.5. The van der Waals surface area contributed by atoms with Crippen LogP contribution >= 0.6 is 0 Å². The van der Waals surface area contributed by atoms with Gasteiger partial charge in [0.15, 0.2) is 11.5 Å². The van der Waals surface area contributed by atoms with Gasteiger partial charge >= 0.3 is 5.82 Å². The Morgan fingerprint density at radius 2 is 1.67 bits per heavy atom. The maximum Gasteiger partial charge on any atom is 0.390 e. The first-order valence-electron chi connectivity index (χ1n) is 6.57.